The van der Waals surface area contributed by atoms with Gasteiger partial charge in [-0.25, -0.2) is 9.97 Å². The highest BCUT2D eigenvalue weighted by Gasteiger charge is 2.33. The summed E-state index contributed by atoms with van der Waals surface area (Å²) in [6, 6.07) is 5.34. The van der Waals surface area contributed by atoms with Gasteiger partial charge in [-0.1, -0.05) is 0 Å². The van der Waals surface area contributed by atoms with Crippen molar-refractivity contribution in [3.05, 3.63) is 41.9 Å². The Kier molecular flexibility index (Phi) is 7.39. The van der Waals surface area contributed by atoms with Crippen LogP contribution in [-0.4, -0.2) is 52.8 Å². The number of nitrogens with zero attached hydrogens (tertiary/aromatic N) is 3. The van der Waals surface area contributed by atoms with E-state index in [1.807, 2.05) is 17.9 Å². The van der Waals surface area contributed by atoms with Gasteiger partial charge in [0.2, 0.25) is 5.91 Å². The lowest BCUT2D eigenvalue weighted by Gasteiger charge is -2.34. The number of halogens is 3. The zero-order valence-electron chi connectivity index (χ0n) is 17.7. The number of hydrogen-bond acceptors (Lipinski definition) is 7. The molecule has 2 atom stereocenters. The van der Waals surface area contributed by atoms with Gasteiger partial charge in [-0.05, 0) is 38.0 Å². The number of carbonyl (C=O) groups excluding carboxylic acids is 1. The van der Waals surface area contributed by atoms with E-state index >= 15 is 0 Å². The van der Waals surface area contributed by atoms with Crippen LogP contribution < -0.4 is 21.3 Å². The summed E-state index contributed by atoms with van der Waals surface area (Å²) < 4.78 is 39.3. The molecule has 1 saturated heterocycles. The second-order valence-corrected chi connectivity index (χ2v) is 7.93. The Bertz CT molecular complexity index is 940. The average Bonchev–Trinajstić information content (AvgIpc) is 2.74. The number of aromatic nitrogens is 2. The molecule has 1 aromatic heterocycles. The molecule has 5 N–H and O–H groups in total. The third kappa shape index (κ3) is 6.22. The van der Waals surface area contributed by atoms with Crippen LogP contribution in [0.2, 0.25) is 0 Å². The van der Waals surface area contributed by atoms with E-state index in [0.717, 1.165) is 37.0 Å². The first-order chi connectivity index (χ1) is 15.2. The van der Waals surface area contributed by atoms with Crippen molar-refractivity contribution in [2.45, 2.75) is 44.4 Å². The Hall–Kier alpha value is -3.08. The van der Waals surface area contributed by atoms with Crippen LogP contribution in [0.5, 0.6) is 0 Å². The summed E-state index contributed by atoms with van der Waals surface area (Å²) >= 11 is 0. The van der Waals surface area contributed by atoms with Crippen LogP contribution in [0.25, 0.3) is 0 Å². The summed E-state index contributed by atoms with van der Waals surface area (Å²) in [6.07, 6.45) is -0.900. The molecular weight excluding hydrogens is 425 g/mol. The number of alkyl halides is 3. The van der Waals surface area contributed by atoms with E-state index in [1.54, 1.807) is 0 Å². The second kappa shape index (κ2) is 10.0. The fourth-order valence-corrected chi connectivity index (χ4v) is 3.79. The zero-order chi connectivity index (χ0) is 23.3. The maximum atomic E-state index is 13.1. The predicted octanol–water partition coefficient (Wildman–Crippen LogP) is 2.20. The van der Waals surface area contributed by atoms with Gasteiger partial charge in [0.05, 0.1) is 5.56 Å². The van der Waals surface area contributed by atoms with Crippen LogP contribution in [0.1, 0.15) is 31.0 Å². The molecule has 1 fully saturated rings. The number of hydrogen-bond donors (Lipinski definition) is 4. The maximum Gasteiger partial charge on any atom is 0.418 e. The molecule has 32 heavy (non-hydrogen) atoms. The Labute approximate surface area is 184 Å². The highest BCUT2D eigenvalue weighted by atomic mass is 19.4. The van der Waals surface area contributed by atoms with Gasteiger partial charge in [-0.3, -0.25) is 4.79 Å². The number of nitrogen functional groups attached to an aromatic ring is 1. The molecule has 0 spiro atoms. The molecule has 0 aliphatic carbocycles. The summed E-state index contributed by atoms with van der Waals surface area (Å²) in [6.45, 7) is 2.66. The Morgan fingerprint density at radius 1 is 1.34 bits per heavy atom. The van der Waals surface area contributed by atoms with E-state index in [-0.39, 0.29) is 17.8 Å². The Balaban J connectivity index is 1.64. The molecule has 11 heteroatoms. The number of amides is 1. The third-order valence-electron chi connectivity index (χ3n) is 5.25. The van der Waals surface area contributed by atoms with E-state index in [1.165, 1.54) is 18.5 Å². The lowest BCUT2D eigenvalue weighted by Crippen LogP contribution is -2.48. The predicted molar refractivity (Wildman–Crippen MR) is 115 cm³/mol. The molecule has 2 heterocycles. The molecule has 174 valence electrons. The molecule has 2 unspecified atom stereocenters. The van der Waals surface area contributed by atoms with Crippen molar-refractivity contribution < 1.29 is 23.1 Å². The number of carbonyl (C=O) groups is 1. The third-order valence-corrected chi connectivity index (χ3v) is 5.25. The fraction of sp³-hybridized carbons (Fsp3) is 0.476. The topological polar surface area (TPSA) is 116 Å². The average molecular weight is 452 g/mol. The number of aliphatic hydroxyl groups is 1. The first kappa shape index (κ1) is 23.6. The SMILES string of the molecule is CC(Cc1cc(N2CCCC(NC(=O)CO)C2)ncn1)Nc1ccc(N)c(C(F)(F)F)c1. The summed E-state index contributed by atoms with van der Waals surface area (Å²) in [5, 5.41) is 14.8. The molecule has 1 aliphatic heterocycles. The molecule has 0 saturated carbocycles. The van der Waals surface area contributed by atoms with E-state index < -0.39 is 24.3 Å². The maximum absolute atomic E-state index is 13.1. The minimum absolute atomic E-state index is 0.0734. The Morgan fingerprint density at radius 3 is 2.84 bits per heavy atom. The van der Waals surface area contributed by atoms with E-state index in [0.29, 0.717) is 18.7 Å². The molecule has 1 amide bonds. The molecule has 2 aromatic rings. The second-order valence-electron chi connectivity index (χ2n) is 7.93. The number of benzene rings is 1. The largest absolute Gasteiger partial charge is 0.418 e. The van der Waals surface area contributed by atoms with Crippen molar-refractivity contribution in [1.29, 1.82) is 0 Å². The van der Waals surface area contributed by atoms with Crippen LogP contribution in [0.4, 0.5) is 30.4 Å². The molecule has 1 aromatic carbocycles. The zero-order valence-corrected chi connectivity index (χ0v) is 17.7. The van der Waals surface area contributed by atoms with Crippen LogP contribution in [0.3, 0.4) is 0 Å². The quantitative estimate of drug-likeness (QED) is 0.476. The summed E-state index contributed by atoms with van der Waals surface area (Å²) in [4.78, 5) is 22.1. The number of aliphatic hydroxyl groups excluding tert-OH is 1. The summed E-state index contributed by atoms with van der Waals surface area (Å²) in [5.74, 6) is 0.313. The minimum atomic E-state index is -4.52. The lowest BCUT2D eigenvalue weighted by molar-refractivity contribution is -0.136. The normalized spacial score (nSPS) is 17.7. The van der Waals surface area contributed by atoms with Crippen molar-refractivity contribution in [1.82, 2.24) is 15.3 Å². The fourth-order valence-electron chi connectivity index (χ4n) is 3.79. The van der Waals surface area contributed by atoms with Gasteiger partial charge in [0.25, 0.3) is 0 Å². The highest BCUT2D eigenvalue weighted by molar-refractivity contribution is 5.77. The van der Waals surface area contributed by atoms with Gasteiger partial charge in [0.1, 0.15) is 18.8 Å². The number of piperidine rings is 1. The molecule has 0 radical (unpaired) electrons. The van der Waals surface area contributed by atoms with Gasteiger partial charge >= 0.3 is 6.18 Å². The molecule has 8 nitrogen and oxygen atoms in total. The minimum Gasteiger partial charge on any atom is -0.398 e. The van der Waals surface area contributed by atoms with Crippen LogP contribution in [0, 0.1) is 0 Å². The van der Waals surface area contributed by atoms with Crippen molar-refractivity contribution in [2.24, 2.45) is 0 Å². The van der Waals surface area contributed by atoms with Crippen molar-refractivity contribution >= 4 is 23.1 Å². The van der Waals surface area contributed by atoms with Crippen molar-refractivity contribution in [3.8, 4) is 0 Å². The van der Waals surface area contributed by atoms with E-state index in [2.05, 4.69) is 20.6 Å². The highest BCUT2D eigenvalue weighted by Crippen LogP contribution is 2.35. The number of anilines is 3. The van der Waals surface area contributed by atoms with Gasteiger partial charge in [-0.2, -0.15) is 13.2 Å². The number of rotatable bonds is 7. The van der Waals surface area contributed by atoms with Crippen molar-refractivity contribution in [2.75, 3.05) is 35.6 Å². The molecular formula is C21H27F3N6O2. The number of nitrogens with one attached hydrogen (secondary N) is 2. The van der Waals surface area contributed by atoms with Gasteiger partial charge in [-0.15, -0.1) is 0 Å². The monoisotopic (exact) mass is 452 g/mol. The van der Waals surface area contributed by atoms with Gasteiger partial charge < -0.3 is 26.4 Å². The molecule has 1 aliphatic rings. The van der Waals surface area contributed by atoms with Gasteiger partial charge in [0, 0.05) is 54.7 Å². The standard InChI is InChI=1S/C21H27F3N6O2/c1-13(28-14-4-5-18(25)17(8-14)21(22,23)24)7-16-9-19(27-12-26-16)30-6-2-3-15(10-30)29-20(32)11-31/h4-5,8-9,12-13,15,28,31H,2-3,6-7,10-11,25H2,1H3,(H,29,32). The lowest BCUT2D eigenvalue weighted by atomic mass is 10.1. The van der Waals surface area contributed by atoms with E-state index in [4.69, 9.17) is 10.8 Å². The first-order valence-electron chi connectivity index (χ1n) is 10.3. The smallest absolute Gasteiger partial charge is 0.398 e. The first-order valence-corrected chi connectivity index (χ1v) is 10.3. The molecule has 3 rings (SSSR count). The molecule has 0 bridgehead atoms. The summed E-state index contributed by atoms with van der Waals surface area (Å²) in [7, 11) is 0. The van der Waals surface area contributed by atoms with Gasteiger partial charge in [0.15, 0.2) is 0 Å². The van der Waals surface area contributed by atoms with Crippen LogP contribution >= 0.6 is 0 Å². The summed E-state index contributed by atoms with van der Waals surface area (Å²) in [5.41, 5.74) is 5.34. The Morgan fingerprint density at radius 2 is 2.12 bits per heavy atom. The van der Waals surface area contributed by atoms with Crippen molar-refractivity contribution in [3.63, 3.8) is 0 Å². The van der Waals surface area contributed by atoms with Crippen LogP contribution in [-0.2, 0) is 17.4 Å². The number of nitrogens with two attached hydrogens (primary N) is 1. The van der Waals surface area contributed by atoms with Crippen LogP contribution in [0.15, 0.2) is 30.6 Å². The van der Waals surface area contributed by atoms with E-state index in [9.17, 15) is 18.0 Å².